The molecular formula is C9H12FNO2S. The Labute approximate surface area is 83.2 Å². The fourth-order valence-corrected chi connectivity index (χ4v) is 1.83. The molecule has 0 spiro atoms. The molecule has 0 aliphatic carbocycles. The lowest BCUT2D eigenvalue weighted by Crippen LogP contribution is -2.24. The molecule has 0 aromatic heterocycles. The van der Waals surface area contributed by atoms with E-state index in [2.05, 4.69) is 0 Å². The normalized spacial score (nSPS) is 12.0. The molecular weight excluding hydrogens is 205 g/mol. The van der Waals surface area contributed by atoms with E-state index >= 15 is 0 Å². The van der Waals surface area contributed by atoms with Gasteiger partial charge in [-0.1, -0.05) is 18.2 Å². The lowest BCUT2D eigenvalue weighted by Gasteiger charge is -2.11. The summed E-state index contributed by atoms with van der Waals surface area (Å²) in [7, 11) is -0.527. The molecule has 0 saturated carbocycles. The van der Waals surface area contributed by atoms with Crippen LogP contribution in [0.3, 0.4) is 0 Å². The summed E-state index contributed by atoms with van der Waals surface area (Å²) in [5, 5.41) is 0. The summed E-state index contributed by atoms with van der Waals surface area (Å²) in [6, 6.07) is 5.86. The van der Waals surface area contributed by atoms with Gasteiger partial charge in [0.1, 0.15) is 5.82 Å². The Morgan fingerprint density at radius 1 is 1.29 bits per heavy atom. The van der Waals surface area contributed by atoms with Crippen molar-refractivity contribution < 1.29 is 12.8 Å². The van der Waals surface area contributed by atoms with Crippen LogP contribution in [0.5, 0.6) is 0 Å². The maximum Gasteiger partial charge on any atom is 0.217 e. The molecule has 0 aliphatic rings. The summed E-state index contributed by atoms with van der Waals surface area (Å²) in [6.45, 7) is 0. The van der Waals surface area contributed by atoms with Gasteiger partial charge in [-0.05, 0) is 6.07 Å². The van der Waals surface area contributed by atoms with Gasteiger partial charge < -0.3 is 0 Å². The zero-order chi connectivity index (χ0) is 10.8. The SMILES string of the molecule is CN(C)S(=O)(=O)Cc1ccccc1F. The largest absolute Gasteiger partial charge is 0.217 e. The third-order valence-electron chi connectivity index (χ3n) is 1.85. The number of hydrogen-bond acceptors (Lipinski definition) is 2. The summed E-state index contributed by atoms with van der Waals surface area (Å²) in [5.74, 6) is -0.787. The van der Waals surface area contributed by atoms with E-state index in [-0.39, 0.29) is 11.3 Å². The number of halogens is 1. The van der Waals surface area contributed by atoms with E-state index in [1.165, 1.54) is 32.3 Å². The minimum Gasteiger partial charge on any atom is -0.212 e. The lowest BCUT2D eigenvalue weighted by atomic mass is 10.2. The number of rotatable bonds is 3. The van der Waals surface area contributed by atoms with Crippen molar-refractivity contribution in [3.05, 3.63) is 35.6 Å². The quantitative estimate of drug-likeness (QED) is 0.763. The van der Waals surface area contributed by atoms with Gasteiger partial charge in [0, 0.05) is 19.7 Å². The molecule has 0 bridgehead atoms. The number of nitrogens with zero attached hydrogens (tertiary/aromatic N) is 1. The van der Waals surface area contributed by atoms with E-state index in [1.807, 2.05) is 0 Å². The summed E-state index contributed by atoms with van der Waals surface area (Å²) in [4.78, 5) is 0. The Hall–Kier alpha value is -0.940. The summed E-state index contributed by atoms with van der Waals surface area (Å²) in [5.41, 5.74) is 0.196. The number of hydrogen-bond donors (Lipinski definition) is 0. The second-order valence-electron chi connectivity index (χ2n) is 3.13. The van der Waals surface area contributed by atoms with Crippen LogP contribution in [0.15, 0.2) is 24.3 Å². The monoisotopic (exact) mass is 217 g/mol. The van der Waals surface area contributed by atoms with Gasteiger partial charge in [0.2, 0.25) is 10.0 Å². The fraction of sp³-hybridized carbons (Fsp3) is 0.333. The van der Waals surface area contributed by atoms with Crippen molar-refractivity contribution >= 4 is 10.0 Å². The molecule has 1 aromatic carbocycles. The standard InChI is InChI=1S/C9H12FNO2S/c1-11(2)14(12,13)7-8-5-3-4-6-9(8)10/h3-6H,7H2,1-2H3. The molecule has 0 heterocycles. The minimum atomic E-state index is -3.38. The highest BCUT2D eigenvalue weighted by Gasteiger charge is 2.16. The van der Waals surface area contributed by atoms with Crippen LogP contribution in [0.4, 0.5) is 4.39 Å². The number of sulfonamides is 1. The first-order chi connectivity index (χ1) is 6.43. The molecule has 0 fully saturated rings. The van der Waals surface area contributed by atoms with Gasteiger partial charge in [-0.15, -0.1) is 0 Å². The Morgan fingerprint density at radius 2 is 1.86 bits per heavy atom. The van der Waals surface area contributed by atoms with Crippen molar-refractivity contribution in [1.29, 1.82) is 0 Å². The van der Waals surface area contributed by atoms with Crippen molar-refractivity contribution in [2.45, 2.75) is 5.75 Å². The van der Waals surface area contributed by atoms with Crippen molar-refractivity contribution in [1.82, 2.24) is 4.31 Å². The zero-order valence-electron chi connectivity index (χ0n) is 8.07. The van der Waals surface area contributed by atoms with Crippen LogP contribution in [0, 0.1) is 5.82 Å². The van der Waals surface area contributed by atoms with E-state index in [9.17, 15) is 12.8 Å². The number of benzene rings is 1. The predicted molar refractivity (Wildman–Crippen MR) is 52.7 cm³/mol. The van der Waals surface area contributed by atoms with Crippen LogP contribution in [-0.4, -0.2) is 26.8 Å². The first-order valence-electron chi connectivity index (χ1n) is 4.07. The van der Waals surface area contributed by atoms with Gasteiger partial charge in [0.15, 0.2) is 0 Å². The fourth-order valence-electron chi connectivity index (χ4n) is 0.941. The van der Waals surface area contributed by atoms with E-state index in [1.54, 1.807) is 6.07 Å². The average Bonchev–Trinajstić information content (AvgIpc) is 2.08. The molecule has 0 N–H and O–H groups in total. The van der Waals surface area contributed by atoms with Crippen LogP contribution in [0.2, 0.25) is 0 Å². The Kier molecular flexibility index (Phi) is 3.23. The highest BCUT2D eigenvalue weighted by molar-refractivity contribution is 7.88. The van der Waals surface area contributed by atoms with Crippen molar-refractivity contribution in [2.75, 3.05) is 14.1 Å². The molecule has 0 atom stereocenters. The van der Waals surface area contributed by atoms with Gasteiger partial charge in [0.05, 0.1) is 5.75 Å². The smallest absolute Gasteiger partial charge is 0.212 e. The average molecular weight is 217 g/mol. The van der Waals surface area contributed by atoms with Crippen LogP contribution in [-0.2, 0) is 15.8 Å². The van der Waals surface area contributed by atoms with Crippen molar-refractivity contribution in [2.24, 2.45) is 0 Å². The Bertz CT molecular complexity index is 415. The first-order valence-corrected chi connectivity index (χ1v) is 5.68. The van der Waals surface area contributed by atoms with E-state index < -0.39 is 15.8 Å². The molecule has 0 radical (unpaired) electrons. The third-order valence-corrected chi connectivity index (χ3v) is 3.64. The Balaban J connectivity index is 2.96. The van der Waals surface area contributed by atoms with Crippen LogP contribution in [0.25, 0.3) is 0 Å². The summed E-state index contributed by atoms with van der Waals surface area (Å²) >= 11 is 0. The van der Waals surface area contributed by atoms with Crippen molar-refractivity contribution in [3.63, 3.8) is 0 Å². The molecule has 0 unspecified atom stereocenters. The zero-order valence-corrected chi connectivity index (χ0v) is 8.88. The van der Waals surface area contributed by atoms with Gasteiger partial charge in [-0.2, -0.15) is 0 Å². The summed E-state index contributed by atoms with van der Waals surface area (Å²) in [6.07, 6.45) is 0. The second-order valence-corrected chi connectivity index (χ2v) is 5.31. The van der Waals surface area contributed by atoms with E-state index in [4.69, 9.17) is 0 Å². The van der Waals surface area contributed by atoms with Gasteiger partial charge >= 0.3 is 0 Å². The second kappa shape index (κ2) is 4.06. The first kappa shape index (κ1) is 11.1. The molecule has 0 aliphatic heterocycles. The minimum absolute atomic E-state index is 0.196. The highest BCUT2D eigenvalue weighted by Crippen LogP contribution is 2.11. The maximum atomic E-state index is 13.1. The molecule has 14 heavy (non-hydrogen) atoms. The molecule has 0 amide bonds. The molecule has 78 valence electrons. The molecule has 3 nitrogen and oxygen atoms in total. The predicted octanol–water partition coefficient (Wildman–Crippen LogP) is 1.22. The van der Waals surface area contributed by atoms with Gasteiger partial charge in [-0.3, -0.25) is 0 Å². The van der Waals surface area contributed by atoms with Crippen LogP contribution >= 0.6 is 0 Å². The van der Waals surface area contributed by atoms with E-state index in [0.717, 1.165) is 4.31 Å². The highest BCUT2D eigenvalue weighted by atomic mass is 32.2. The van der Waals surface area contributed by atoms with Gasteiger partial charge in [0.25, 0.3) is 0 Å². The molecule has 1 rings (SSSR count). The maximum absolute atomic E-state index is 13.1. The lowest BCUT2D eigenvalue weighted by molar-refractivity contribution is 0.517. The molecule has 1 aromatic rings. The topological polar surface area (TPSA) is 37.4 Å². The van der Waals surface area contributed by atoms with Crippen LogP contribution in [0.1, 0.15) is 5.56 Å². The van der Waals surface area contributed by atoms with Crippen LogP contribution < -0.4 is 0 Å². The molecule has 5 heteroatoms. The third kappa shape index (κ3) is 2.52. The molecule has 0 saturated heterocycles. The van der Waals surface area contributed by atoms with Gasteiger partial charge in [-0.25, -0.2) is 17.1 Å². The van der Waals surface area contributed by atoms with Crippen molar-refractivity contribution in [3.8, 4) is 0 Å². The Morgan fingerprint density at radius 3 is 2.36 bits per heavy atom. The summed E-state index contributed by atoms with van der Waals surface area (Å²) < 4.78 is 37.0. The van der Waals surface area contributed by atoms with E-state index in [0.29, 0.717) is 0 Å².